The molecule has 1 aliphatic carbocycles. The first-order valence-electron chi connectivity index (χ1n) is 7.75. The number of anilines is 1. The lowest BCUT2D eigenvalue weighted by Gasteiger charge is -2.37. The molecule has 0 saturated heterocycles. The van der Waals surface area contributed by atoms with Crippen LogP contribution in [0.15, 0.2) is 30.3 Å². The molecule has 0 bridgehead atoms. The largest absolute Gasteiger partial charge is 0.396 e. The van der Waals surface area contributed by atoms with Gasteiger partial charge in [0.05, 0.1) is 5.00 Å². The first-order chi connectivity index (χ1) is 10.2. The van der Waals surface area contributed by atoms with E-state index < -0.39 is 0 Å². The number of rotatable bonds is 4. The highest BCUT2D eigenvalue weighted by molar-refractivity contribution is 7.16. The molecule has 1 unspecified atom stereocenters. The van der Waals surface area contributed by atoms with Crippen molar-refractivity contribution in [3.05, 3.63) is 51.9 Å². The highest BCUT2D eigenvalue weighted by Crippen LogP contribution is 2.46. The molecule has 112 valence electrons. The summed E-state index contributed by atoms with van der Waals surface area (Å²) < 4.78 is 0. The van der Waals surface area contributed by atoms with Crippen LogP contribution in [0.1, 0.15) is 41.3 Å². The van der Waals surface area contributed by atoms with E-state index >= 15 is 0 Å². The number of hydrogen-bond donors (Lipinski definition) is 2. The summed E-state index contributed by atoms with van der Waals surface area (Å²) in [4.78, 5) is 1.44. The number of thiophene rings is 1. The Kier molecular flexibility index (Phi) is 4.05. The number of hydrogen-bond acceptors (Lipinski definition) is 3. The summed E-state index contributed by atoms with van der Waals surface area (Å²) in [5, 5.41) is 10.6. The Morgan fingerprint density at radius 2 is 2.05 bits per heavy atom. The number of aliphatic hydroxyl groups excluding tert-OH is 1. The summed E-state index contributed by atoms with van der Waals surface area (Å²) >= 11 is 1.76. The lowest BCUT2D eigenvalue weighted by molar-refractivity contribution is 0.223. The third kappa shape index (κ3) is 2.49. The summed E-state index contributed by atoms with van der Waals surface area (Å²) in [6, 6.07) is 10.7. The van der Waals surface area contributed by atoms with E-state index in [0.29, 0.717) is 0 Å². The average Bonchev–Trinajstić information content (AvgIpc) is 2.82. The fourth-order valence-electron chi connectivity index (χ4n) is 3.76. The van der Waals surface area contributed by atoms with Gasteiger partial charge in [0.2, 0.25) is 0 Å². The number of fused-ring (bicyclic) bond motifs is 1. The second-order valence-corrected chi connectivity index (χ2v) is 7.13. The van der Waals surface area contributed by atoms with E-state index in [1.54, 1.807) is 11.3 Å². The van der Waals surface area contributed by atoms with Gasteiger partial charge in [-0.3, -0.25) is 0 Å². The van der Waals surface area contributed by atoms with Gasteiger partial charge in [-0.2, -0.15) is 0 Å². The van der Waals surface area contributed by atoms with E-state index in [0.717, 1.165) is 37.1 Å². The third-order valence-corrected chi connectivity index (χ3v) is 6.02. The number of aliphatic hydroxyl groups is 1. The highest BCUT2D eigenvalue weighted by Gasteiger charge is 2.37. The highest BCUT2D eigenvalue weighted by atomic mass is 32.1. The molecule has 3 rings (SSSR count). The second-order valence-electron chi connectivity index (χ2n) is 6.00. The molecule has 0 amide bonds. The Hall–Kier alpha value is -1.32. The fraction of sp³-hybridized carbons (Fsp3) is 0.444. The zero-order valence-electron chi connectivity index (χ0n) is 12.6. The summed E-state index contributed by atoms with van der Waals surface area (Å²) in [6.07, 6.45) is 5.06. The molecule has 1 aliphatic rings. The summed E-state index contributed by atoms with van der Waals surface area (Å²) in [6.45, 7) is 2.43. The average molecular weight is 301 g/mol. The van der Waals surface area contributed by atoms with Crippen LogP contribution in [0.4, 0.5) is 5.00 Å². The van der Waals surface area contributed by atoms with Gasteiger partial charge in [-0.15, -0.1) is 11.3 Å². The predicted octanol–water partition coefficient (Wildman–Crippen LogP) is 3.70. The zero-order valence-corrected chi connectivity index (χ0v) is 13.4. The monoisotopic (exact) mass is 301 g/mol. The summed E-state index contributed by atoms with van der Waals surface area (Å²) in [5.74, 6) is 0. The van der Waals surface area contributed by atoms with Crippen LogP contribution in [0.2, 0.25) is 0 Å². The Balaban J connectivity index is 2.01. The minimum Gasteiger partial charge on any atom is -0.396 e. The van der Waals surface area contributed by atoms with Gasteiger partial charge in [-0.1, -0.05) is 37.3 Å². The Morgan fingerprint density at radius 1 is 1.29 bits per heavy atom. The van der Waals surface area contributed by atoms with Crippen LogP contribution in [-0.4, -0.2) is 11.7 Å². The number of nitrogen functional groups attached to an aromatic ring is 1. The van der Waals surface area contributed by atoms with Crippen molar-refractivity contribution in [2.45, 2.75) is 44.4 Å². The Morgan fingerprint density at radius 3 is 2.71 bits per heavy atom. The van der Waals surface area contributed by atoms with E-state index in [2.05, 4.69) is 37.3 Å². The number of benzene rings is 1. The molecule has 0 saturated carbocycles. The van der Waals surface area contributed by atoms with Gasteiger partial charge < -0.3 is 10.8 Å². The minimum absolute atomic E-state index is 0.0747. The standard InChI is InChI=1S/C18H23NOS/c1-2-14-15-8-9-18(10-11-20,12-16(15)21-17(14)19)13-6-4-3-5-7-13/h3-7,20H,2,8-12,19H2,1H3. The molecular weight excluding hydrogens is 278 g/mol. The predicted molar refractivity (Wildman–Crippen MR) is 90.0 cm³/mol. The van der Waals surface area contributed by atoms with Crippen LogP contribution < -0.4 is 5.73 Å². The molecule has 3 N–H and O–H groups in total. The molecule has 21 heavy (non-hydrogen) atoms. The van der Waals surface area contributed by atoms with Crippen molar-refractivity contribution in [3.63, 3.8) is 0 Å². The molecule has 0 spiro atoms. The number of nitrogens with two attached hydrogens (primary N) is 1. The van der Waals surface area contributed by atoms with Gasteiger partial charge in [-0.25, -0.2) is 0 Å². The van der Waals surface area contributed by atoms with Crippen LogP contribution in [0.25, 0.3) is 0 Å². The lowest BCUT2D eigenvalue weighted by Crippen LogP contribution is -2.34. The van der Waals surface area contributed by atoms with E-state index in [-0.39, 0.29) is 12.0 Å². The van der Waals surface area contributed by atoms with Gasteiger partial charge in [0.15, 0.2) is 0 Å². The molecule has 1 aromatic heterocycles. The van der Waals surface area contributed by atoms with Gasteiger partial charge in [-0.05, 0) is 48.8 Å². The quantitative estimate of drug-likeness (QED) is 0.904. The van der Waals surface area contributed by atoms with E-state index in [4.69, 9.17) is 5.73 Å². The Bertz CT molecular complexity index is 620. The molecule has 1 aromatic carbocycles. The topological polar surface area (TPSA) is 46.2 Å². The minimum atomic E-state index is 0.0747. The molecule has 2 aromatic rings. The normalized spacial score (nSPS) is 21.2. The van der Waals surface area contributed by atoms with Crippen molar-refractivity contribution >= 4 is 16.3 Å². The van der Waals surface area contributed by atoms with Crippen molar-refractivity contribution in [2.24, 2.45) is 0 Å². The SMILES string of the molecule is CCc1c(N)sc2c1CCC(CCO)(c1ccccc1)C2. The zero-order chi connectivity index (χ0) is 14.9. The van der Waals surface area contributed by atoms with Crippen molar-refractivity contribution in [1.82, 2.24) is 0 Å². The van der Waals surface area contributed by atoms with E-state index in [1.807, 2.05) is 0 Å². The molecular formula is C18H23NOS. The second kappa shape index (κ2) is 5.82. The molecule has 0 fully saturated rings. The third-order valence-electron chi connectivity index (χ3n) is 4.91. The first-order valence-corrected chi connectivity index (χ1v) is 8.57. The van der Waals surface area contributed by atoms with Gasteiger partial charge >= 0.3 is 0 Å². The molecule has 0 radical (unpaired) electrons. The van der Waals surface area contributed by atoms with E-state index in [1.165, 1.54) is 21.6 Å². The van der Waals surface area contributed by atoms with Crippen molar-refractivity contribution in [2.75, 3.05) is 12.3 Å². The van der Waals surface area contributed by atoms with Crippen LogP contribution >= 0.6 is 11.3 Å². The van der Waals surface area contributed by atoms with Crippen LogP contribution in [-0.2, 0) is 24.7 Å². The van der Waals surface area contributed by atoms with Crippen LogP contribution in [0.5, 0.6) is 0 Å². The first kappa shape index (κ1) is 14.6. The molecule has 0 aliphatic heterocycles. The molecule has 2 nitrogen and oxygen atoms in total. The molecule has 3 heteroatoms. The Labute approximate surface area is 130 Å². The van der Waals surface area contributed by atoms with Gasteiger partial charge in [0, 0.05) is 16.9 Å². The van der Waals surface area contributed by atoms with Crippen molar-refractivity contribution in [3.8, 4) is 0 Å². The lowest BCUT2D eigenvalue weighted by atomic mass is 9.67. The maximum Gasteiger partial charge on any atom is 0.0894 e. The molecule has 1 heterocycles. The van der Waals surface area contributed by atoms with Gasteiger partial charge in [0.1, 0.15) is 0 Å². The maximum atomic E-state index is 9.58. The van der Waals surface area contributed by atoms with Crippen LogP contribution in [0.3, 0.4) is 0 Å². The smallest absolute Gasteiger partial charge is 0.0894 e. The van der Waals surface area contributed by atoms with E-state index in [9.17, 15) is 5.11 Å². The van der Waals surface area contributed by atoms with Crippen molar-refractivity contribution in [1.29, 1.82) is 0 Å². The van der Waals surface area contributed by atoms with Crippen LogP contribution in [0, 0.1) is 0 Å². The van der Waals surface area contributed by atoms with Gasteiger partial charge in [0.25, 0.3) is 0 Å². The summed E-state index contributed by atoms with van der Waals surface area (Å²) in [5.41, 5.74) is 10.5. The summed E-state index contributed by atoms with van der Waals surface area (Å²) in [7, 11) is 0. The fourth-order valence-corrected chi connectivity index (χ4v) is 5.12. The maximum absolute atomic E-state index is 9.58. The molecule has 1 atom stereocenters. The van der Waals surface area contributed by atoms with Crippen molar-refractivity contribution < 1.29 is 5.11 Å².